The Balaban J connectivity index is 1.42. The van der Waals surface area contributed by atoms with Gasteiger partial charge in [-0.1, -0.05) is 45.0 Å². The van der Waals surface area contributed by atoms with Gasteiger partial charge in [0.1, 0.15) is 23.8 Å². The van der Waals surface area contributed by atoms with Gasteiger partial charge in [0.05, 0.1) is 30.0 Å². The van der Waals surface area contributed by atoms with Crippen LogP contribution in [0.3, 0.4) is 0 Å². The number of amides is 1. The monoisotopic (exact) mass is 844 g/mol. The van der Waals surface area contributed by atoms with E-state index in [-0.39, 0.29) is 37.4 Å². The van der Waals surface area contributed by atoms with Crippen LogP contribution in [0.1, 0.15) is 87.5 Å². The number of carbonyl (C=O) groups excluding carboxylic acids is 3. The number of aliphatic hydroxyl groups excluding tert-OH is 2. The average Bonchev–Trinajstić information content (AvgIpc) is 3.80. The maximum atomic E-state index is 14.4. The van der Waals surface area contributed by atoms with Crippen molar-refractivity contribution >= 4 is 23.5 Å². The largest absolute Gasteiger partial charge is 0.458 e. The Morgan fingerprint density at radius 3 is 2.47 bits per heavy atom. The number of rotatable bonds is 12. The Bertz CT molecular complexity index is 1770. The molecule has 0 radical (unpaired) electrons. The van der Waals surface area contributed by atoms with Crippen LogP contribution in [0.5, 0.6) is 0 Å². The third-order valence-electron chi connectivity index (χ3n) is 13.2. The molecule has 1 aromatic carbocycles. The Hall–Kier alpha value is -3.71. The molecule has 0 bridgehead atoms. The second-order valence-corrected chi connectivity index (χ2v) is 17.7. The molecule has 1 amide bonds. The summed E-state index contributed by atoms with van der Waals surface area (Å²) in [5.41, 5.74) is 12.1. The van der Waals surface area contributed by atoms with Crippen molar-refractivity contribution in [3.8, 4) is 11.3 Å². The van der Waals surface area contributed by atoms with E-state index in [4.69, 9.17) is 35.2 Å². The van der Waals surface area contributed by atoms with E-state index in [9.17, 15) is 24.6 Å². The number of fused-ring (bicyclic) bond motifs is 1. The van der Waals surface area contributed by atoms with Crippen molar-refractivity contribution in [1.29, 1.82) is 0 Å². The lowest BCUT2D eigenvalue weighted by Gasteiger charge is -2.46. The molecule has 17 heteroatoms. The lowest BCUT2D eigenvalue weighted by atomic mass is 9.78. The third kappa shape index (κ3) is 10.1. The predicted octanol–water partition coefficient (Wildman–Crippen LogP) is 3.29. The van der Waals surface area contributed by atoms with Gasteiger partial charge in [-0.3, -0.25) is 19.2 Å². The molecule has 4 heterocycles. The van der Waals surface area contributed by atoms with Gasteiger partial charge in [-0.2, -0.15) is 0 Å². The van der Waals surface area contributed by atoms with Gasteiger partial charge in [0.25, 0.3) is 0 Å². The van der Waals surface area contributed by atoms with Crippen LogP contribution in [0.15, 0.2) is 30.5 Å². The molecule has 0 aliphatic carbocycles. The number of Topliss-reactive ketones (excluding diaryl/α,β-unsaturated/α-hetero) is 1. The molecule has 17 nitrogen and oxygen atoms in total. The highest BCUT2D eigenvalue weighted by Gasteiger charge is 2.59. The van der Waals surface area contributed by atoms with Crippen LogP contribution in [0.25, 0.3) is 11.3 Å². The summed E-state index contributed by atoms with van der Waals surface area (Å²) in [6.45, 7) is 15.5. The summed E-state index contributed by atoms with van der Waals surface area (Å²) < 4.78 is 33.1. The molecule has 5 rings (SSSR count). The van der Waals surface area contributed by atoms with E-state index in [0.29, 0.717) is 50.3 Å². The Labute approximate surface area is 354 Å². The molecule has 336 valence electrons. The van der Waals surface area contributed by atoms with Gasteiger partial charge >= 0.3 is 12.1 Å². The molecule has 14 unspecified atom stereocenters. The van der Waals surface area contributed by atoms with E-state index in [0.717, 1.165) is 5.56 Å². The van der Waals surface area contributed by atoms with Crippen LogP contribution in [0, 0.1) is 23.7 Å². The minimum Gasteiger partial charge on any atom is -0.458 e. The van der Waals surface area contributed by atoms with Crippen LogP contribution >= 0.6 is 0 Å². The third-order valence-corrected chi connectivity index (χ3v) is 13.2. The van der Waals surface area contributed by atoms with Gasteiger partial charge in [-0.05, 0) is 90.3 Å². The first-order chi connectivity index (χ1) is 28.4. The molecule has 60 heavy (non-hydrogen) atoms. The van der Waals surface area contributed by atoms with Crippen molar-refractivity contribution < 1.29 is 48.3 Å². The summed E-state index contributed by atoms with van der Waals surface area (Å²) >= 11 is 0. The highest BCUT2D eigenvalue weighted by Crippen LogP contribution is 2.41. The number of benzene rings is 1. The highest BCUT2D eigenvalue weighted by atomic mass is 16.7. The van der Waals surface area contributed by atoms with Crippen LogP contribution in [-0.4, -0.2) is 135 Å². The smallest absolute Gasteiger partial charge is 0.410 e. The lowest BCUT2D eigenvalue weighted by Crippen LogP contribution is -2.62. The number of methoxy groups -OCH3 is 1. The zero-order valence-electron chi connectivity index (χ0n) is 36.8. The number of nitrogens with zero attached hydrogens (tertiary/aromatic N) is 4. The molecule has 7 N–H and O–H groups in total. The quantitative estimate of drug-likeness (QED) is 0.0893. The van der Waals surface area contributed by atoms with Crippen LogP contribution in [0.2, 0.25) is 0 Å². The second kappa shape index (κ2) is 20.0. The molecular formula is C43H69N7O10. The summed E-state index contributed by atoms with van der Waals surface area (Å²) in [6, 6.07) is 5.65. The Morgan fingerprint density at radius 2 is 1.80 bits per heavy atom. The number of aliphatic hydroxyl groups is 2. The molecule has 3 fully saturated rings. The number of ketones is 1. The van der Waals surface area contributed by atoms with Gasteiger partial charge in [0.15, 0.2) is 17.7 Å². The van der Waals surface area contributed by atoms with Crippen LogP contribution in [0.4, 0.5) is 10.5 Å². The summed E-state index contributed by atoms with van der Waals surface area (Å²) in [7, 11) is 1.54. The number of nitrogens with two attached hydrogens (primary N) is 2. The first kappa shape index (κ1) is 47.3. The SMILES string of the molecule is CCC1OC(=O)C(C)C(=O)C(C)C(OC2OC(C)C(C)C(N)C2O)C(C)(OC)CC(C)CNC(CCO)C2N(CCCCn3cc(-c4cccc(N)c4)nn3)C(=O)OC12C. The number of aryl methyl sites for hydroxylation is 1. The lowest BCUT2D eigenvalue weighted by molar-refractivity contribution is -0.297. The molecule has 3 aliphatic heterocycles. The van der Waals surface area contributed by atoms with E-state index < -0.39 is 83.6 Å². The minimum absolute atomic E-state index is 0.108. The van der Waals surface area contributed by atoms with Gasteiger partial charge in [-0.15, -0.1) is 5.10 Å². The number of nitrogens with one attached hydrogen (secondary N) is 1. The number of anilines is 1. The van der Waals surface area contributed by atoms with Crippen molar-refractivity contribution in [3.05, 3.63) is 30.5 Å². The number of unbranched alkanes of at least 4 members (excludes halogenated alkanes) is 1. The fourth-order valence-corrected chi connectivity index (χ4v) is 9.35. The van der Waals surface area contributed by atoms with Crippen LogP contribution < -0.4 is 16.8 Å². The summed E-state index contributed by atoms with van der Waals surface area (Å²) in [5, 5.41) is 33.8. The van der Waals surface area contributed by atoms with E-state index in [1.807, 2.05) is 65.1 Å². The highest BCUT2D eigenvalue weighted by molar-refractivity contribution is 6.00. The fraction of sp³-hybridized carbons (Fsp3) is 0.744. The Morgan fingerprint density at radius 1 is 1.08 bits per heavy atom. The molecule has 1 aromatic heterocycles. The molecule has 0 spiro atoms. The van der Waals surface area contributed by atoms with Crippen molar-refractivity contribution in [1.82, 2.24) is 25.2 Å². The topological polar surface area (TPSA) is 236 Å². The van der Waals surface area contributed by atoms with Crippen LogP contribution in [-0.2, 0) is 39.8 Å². The number of nitrogen functional groups attached to an aromatic ring is 1. The van der Waals surface area contributed by atoms with Crippen molar-refractivity contribution in [2.45, 2.75) is 154 Å². The first-order valence-electron chi connectivity index (χ1n) is 21.5. The number of hydrogen-bond acceptors (Lipinski definition) is 15. The summed E-state index contributed by atoms with van der Waals surface area (Å²) in [5.74, 6) is -3.63. The van der Waals surface area contributed by atoms with Crippen molar-refractivity contribution in [2.75, 3.05) is 32.5 Å². The zero-order chi connectivity index (χ0) is 44.1. The number of hydrogen-bond donors (Lipinski definition) is 5. The fourth-order valence-electron chi connectivity index (χ4n) is 9.35. The first-order valence-corrected chi connectivity index (χ1v) is 21.5. The van der Waals surface area contributed by atoms with Crippen molar-refractivity contribution in [2.24, 2.45) is 29.4 Å². The minimum atomic E-state index is -1.35. The average molecular weight is 844 g/mol. The maximum absolute atomic E-state index is 14.4. The van der Waals surface area contributed by atoms with Gasteiger partial charge < -0.3 is 50.7 Å². The Kier molecular flexibility index (Phi) is 15.8. The second-order valence-electron chi connectivity index (χ2n) is 17.7. The van der Waals surface area contributed by atoms with Gasteiger partial charge in [-0.25, -0.2) is 4.79 Å². The van der Waals surface area contributed by atoms with Crippen molar-refractivity contribution in [3.63, 3.8) is 0 Å². The molecule has 14 atom stereocenters. The molecule has 3 aliphatic rings. The summed E-state index contributed by atoms with van der Waals surface area (Å²) in [6.07, 6.45) is -1.09. The van der Waals surface area contributed by atoms with E-state index in [1.165, 1.54) is 6.92 Å². The molecular weight excluding hydrogens is 775 g/mol. The summed E-state index contributed by atoms with van der Waals surface area (Å²) in [4.78, 5) is 44.0. The number of ether oxygens (including phenoxy) is 5. The molecule has 3 saturated heterocycles. The normalized spacial score (nSPS) is 37.2. The maximum Gasteiger partial charge on any atom is 0.410 e. The van der Waals surface area contributed by atoms with E-state index in [2.05, 4.69) is 15.6 Å². The standard InChI is InChI=1S/C43H69N7O10/c1-10-33-43(8)37(50(41(55)60-43)18-12-11-17-49-23-32(47-48-49)29-14-13-15-30(44)20-29)31(16-19-51)46-22-24(2)21-42(7,56-9)38(26(4)35(52)27(5)39(54)58-33)59-40-36(53)34(45)25(3)28(6)57-40/h13-15,20,23-28,31,33-34,36-38,40,46,51,53H,10-12,16-19,21-22,44-45H2,1-9H3. The number of carbonyl (C=O) groups is 3. The number of esters is 1. The van der Waals surface area contributed by atoms with Gasteiger partial charge in [0, 0.05) is 56.1 Å². The van der Waals surface area contributed by atoms with Gasteiger partial charge in [0.2, 0.25) is 0 Å². The van der Waals surface area contributed by atoms with E-state index in [1.54, 1.807) is 30.5 Å². The zero-order valence-corrected chi connectivity index (χ0v) is 36.8. The predicted molar refractivity (Wildman–Crippen MR) is 223 cm³/mol. The number of aromatic nitrogens is 3. The number of cyclic esters (lactones) is 1. The van der Waals surface area contributed by atoms with E-state index >= 15 is 0 Å². The molecule has 2 aromatic rings. The molecule has 0 saturated carbocycles.